The molecule has 0 saturated carbocycles. The van der Waals surface area contributed by atoms with E-state index < -0.39 is 24.0 Å². The number of epoxide rings is 1. The molecule has 2 rings (SSSR count). The molecular weight excluding hydrogens is 698 g/mol. The number of carbonyl (C=O) groups excluding carboxylic acids is 2. The summed E-state index contributed by atoms with van der Waals surface area (Å²) in [6, 6.07) is -1.18. The predicted octanol–water partition coefficient (Wildman–Crippen LogP) is -0.618. The largest absolute Gasteiger partial charge is 1.00 e. The molecule has 2 aliphatic rings. The first-order valence-electron chi connectivity index (χ1n) is 16.0. The van der Waals surface area contributed by atoms with E-state index >= 15 is 0 Å². The van der Waals surface area contributed by atoms with Gasteiger partial charge in [-0.25, -0.2) is 9.59 Å². The van der Waals surface area contributed by atoms with E-state index in [-0.39, 0.29) is 105 Å². The average Bonchev–Trinajstić information content (AvgIpc) is 3.64. The van der Waals surface area contributed by atoms with Gasteiger partial charge in [0.2, 0.25) is 5.91 Å². The zero-order valence-electron chi connectivity index (χ0n) is 29.3. The number of methoxy groups -OCH3 is 1. The number of hydrogen-bond acceptors (Lipinski definition) is 7. The van der Waals surface area contributed by atoms with Crippen LogP contribution in [0.3, 0.4) is 0 Å². The van der Waals surface area contributed by atoms with Gasteiger partial charge < -0.3 is 72.1 Å². The van der Waals surface area contributed by atoms with Crippen molar-refractivity contribution in [3.63, 3.8) is 0 Å². The fraction of sp³-hybridized carbons (Fsp3) is 0.735. The zero-order valence-corrected chi connectivity index (χ0v) is 31.4. The minimum Gasteiger partial charge on any atom is -1.00 e. The Balaban J connectivity index is 0.0000101. The van der Waals surface area contributed by atoms with Crippen molar-refractivity contribution in [3.8, 4) is 0 Å². The second-order valence-electron chi connectivity index (χ2n) is 12.7. The van der Waals surface area contributed by atoms with Crippen LogP contribution in [-0.2, 0) is 28.5 Å². The van der Waals surface area contributed by atoms with Crippen molar-refractivity contribution in [2.75, 3.05) is 26.8 Å². The van der Waals surface area contributed by atoms with Crippen LogP contribution in [0.4, 0.5) is 4.79 Å². The van der Waals surface area contributed by atoms with E-state index in [1.165, 1.54) is 4.90 Å². The third kappa shape index (κ3) is 13.8. The molecule has 2 heterocycles. The van der Waals surface area contributed by atoms with E-state index in [0.29, 0.717) is 24.2 Å². The van der Waals surface area contributed by atoms with Crippen molar-refractivity contribution in [3.05, 3.63) is 37.6 Å². The summed E-state index contributed by atoms with van der Waals surface area (Å²) in [4.78, 5) is 37.7. The predicted molar refractivity (Wildman–Crippen MR) is 170 cm³/mol. The van der Waals surface area contributed by atoms with Crippen LogP contribution in [0.25, 0.3) is 0 Å². The SMILES string of the molecule is [CH2-]CN(C[CH2-])C(=O)OCC[C@H](NC(=O)C[C@H]1CC[C@H](C)[C@@H](/C(C)=C/C=C/[C@@H](C)C[C@@]2(C)O[C@@H]2[C@H](C)[C@H](CC)OC)O1)C(=O)O.[I-].[Li+]. The first-order valence-corrected chi connectivity index (χ1v) is 16.0. The van der Waals surface area contributed by atoms with Crippen LogP contribution in [-0.4, -0.2) is 90.8 Å². The Labute approximate surface area is 306 Å². The van der Waals surface area contributed by atoms with Gasteiger partial charge in [-0.1, -0.05) is 45.9 Å². The number of ether oxygens (including phenoxy) is 4. The average molecular weight is 755 g/mol. The maximum atomic E-state index is 12.8. The summed E-state index contributed by atoms with van der Waals surface area (Å²) < 4.78 is 23.2. The molecule has 260 valence electrons. The first kappa shape index (κ1) is 44.9. The van der Waals surface area contributed by atoms with E-state index in [0.717, 1.165) is 24.8 Å². The molecule has 0 aliphatic carbocycles. The molecule has 46 heavy (non-hydrogen) atoms. The fourth-order valence-electron chi connectivity index (χ4n) is 6.31. The van der Waals surface area contributed by atoms with Gasteiger partial charge in [-0.3, -0.25) is 4.79 Å². The van der Waals surface area contributed by atoms with Crippen LogP contribution in [0.15, 0.2) is 23.8 Å². The van der Waals surface area contributed by atoms with Gasteiger partial charge >= 0.3 is 30.9 Å². The molecule has 9 atom stereocenters. The molecule has 2 N–H and O–H groups in total. The van der Waals surface area contributed by atoms with Crippen molar-refractivity contribution >= 4 is 18.0 Å². The number of halogens is 1. The smallest absolute Gasteiger partial charge is 1.00 e. The van der Waals surface area contributed by atoms with Gasteiger partial charge in [0.05, 0.1) is 43.0 Å². The van der Waals surface area contributed by atoms with Gasteiger partial charge in [0.15, 0.2) is 0 Å². The molecule has 0 spiro atoms. The van der Waals surface area contributed by atoms with Gasteiger partial charge in [0, 0.05) is 19.4 Å². The summed E-state index contributed by atoms with van der Waals surface area (Å²) >= 11 is 0. The Kier molecular flexibility index (Phi) is 21.3. The summed E-state index contributed by atoms with van der Waals surface area (Å²) in [7, 11) is 1.77. The van der Waals surface area contributed by atoms with Crippen LogP contribution in [0, 0.1) is 31.6 Å². The molecule has 10 nitrogen and oxygen atoms in total. The molecule has 0 bridgehead atoms. The Morgan fingerprint density at radius 1 is 1.20 bits per heavy atom. The van der Waals surface area contributed by atoms with Crippen molar-refractivity contribution in [2.45, 2.75) is 116 Å². The van der Waals surface area contributed by atoms with Gasteiger partial charge in [-0.05, 0) is 56.9 Å². The van der Waals surface area contributed by atoms with Crippen LogP contribution < -0.4 is 48.2 Å². The molecule has 0 aromatic carbocycles. The van der Waals surface area contributed by atoms with Gasteiger partial charge in [0.1, 0.15) is 6.04 Å². The normalized spacial score (nSPS) is 26.9. The standard InChI is InChI=1S/C34H56N2O8.HI.Li/c1-10-28(41-9)25(7)31-34(8,44-31)21-22(4)14-13-15-23(5)30-24(6)16-17-26(43-30)20-29(37)35-27(32(38)39)18-19-42-33(40)36(11-2)12-3;;/h13-15,22,24-28,30-31H,2-3,10-12,16-21H2,1,4-9H3,(H,35,37)(H,38,39);1H;/q-2;;+1/p-1/b14-13+,23-15+;;/t22-,24+,25-,26-,27+,28+,30-,31-,34-;;/m1../s1. The van der Waals surface area contributed by atoms with Gasteiger partial charge in [-0.15, -0.1) is 13.1 Å². The number of nitrogens with zero attached hydrogens (tertiary/aromatic N) is 1. The first-order chi connectivity index (χ1) is 20.8. The molecule has 0 aromatic rings. The molecule has 0 radical (unpaired) electrons. The summed E-state index contributed by atoms with van der Waals surface area (Å²) in [5.74, 6) is -0.622. The number of amides is 2. The number of hydrogen-bond donors (Lipinski definition) is 2. The van der Waals surface area contributed by atoms with Crippen molar-refractivity contribution in [2.24, 2.45) is 17.8 Å². The monoisotopic (exact) mass is 754 g/mol. The van der Waals surface area contributed by atoms with E-state index in [1.807, 2.05) is 6.92 Å². The molecular formula is C34H56ILiN2O8-2. The Morgan fingerprint density at radius 3 is 2.41 bits per heavy atom. The fourth-order valence-corrected chi connectivity index (χ4v) is 6.31. The van der Waals surface area contributed by atoms with E-state index in [2.05, 4.69) is 72.0 Å². The van der Waals surface area contributed by atoms with Crippen molar-refractivity contribution in [1.82, 2.24) is 10.2 Å². The molecule has 0 aromatic heterocycles. The Hall–Kier alpha value is -1.10. The second kappa shape index (κ2) is 21.8. The molecule has 0 unspecified atom stereocenters. The minimum absolute atomic E-state index is 0. The molecule has 2 saturated heterocycles. The maximum absolute atomic E-state index is 12.8. The number of aliphatic carboxylic acids is 1. The molecule has 2 aliphatic heterocycles. The molecule has 12 heteroatoms. The van der Waals surface area contributed by atoms with Crippen LogP contribution in [0.2, 0.25) is 0 Å². The second-order valence-corrected chi connectivity index (χ2v) is 12.7. The Bertz CT molecular complexity index is 1010. The summed E-state index contributed by atoms with van der Waals surface area (Å²) in [6.07, 6.45) is 9.24. The van der Waals surface area contributed by atoms with E-state index in [9.17, 15) is 19.5 Å². The Morgan fingerprint density at radius 2 is 1.85 bits per heavy atom. The van der Waals surface area contributed by atoms with Crippen molar-refractivity contribution < 1.29 is 81.3 Å². The molecule has 2 amide bonds. The van der Waals surface area contributed by atoms with Crippen LogP contribution in [0.5, 0.6) is 0 Å². The van der Waals surface area contributed by atoms with Crippen molar-refractivity contribution in [1.29, 1.82) is 0 Å². The summed E-state index contributed by atoms with van der Waals surface area (Å²) in [5, 5.41) is 12.1. The number of rotatable bonds is 18. The summed E-state index contributed by atoms with van der Waals surface area (Å²) in [6.45, 7) is 20.4. The number of nitrogens with one attached hydrogen (secondary N) is 1. The summed E-state index contributed by atoms with van der Waals surface area (Å²) in [5.41, 5.74) is 0.953. The third-order valence-electron chi connectivity index (χ3n) is 8.96. The zero-order chi connectivity index (χ0) is 33.0. The molecule has 2 fully saturated rings. The number of carbonyl (C=O) groups is 3. The maximum Gasteiger partial charge on any atom is 1.00 e. The van der Waals surface area contributed by atoms with E-state index in [4.69, 9.17) is 18.9 Å². The van der Waals surface area contributed by atoms with Gasteiger partial charge in [-0.2, -0.15) is 0 Å². The van der Waals surface area contributed by atoms with E-state index in [1.54, 1.807) is 7.11 Å². The minimum atomic E-state index is -1.19. The quantitative estimate of drug-likeness (QED) is 0.0625. The van der Waals surface area contributed by atoms with Crippen LogP contribution >= 0.6 is 0 Å². The third-order valence-corrected chi connectivity index (χ3v) is 8.96. The number of carboxylic acid groups (broad SMARTS) is 1. The topological polar surface area (TPSA) is 127 Å². The number of carboxylic acids is 1. The van der Waals surface area contributed by atoms with Gasteiger partial charge in [0.25, 0.3) is 0 Å². The number of allylic oxidation sites excluding steroid dienone is 3. The van der Waals surface area contributed by atoms with Crippen LogP contribution in [0.1, 0.15) is 80.1 Å².